The molecule has 2 rings (SSSR count). The molecule has 3 N–H and O–H groups in total. The highest BCUT2D eigenvalue weighted by Crippen LogP contribution is 2.24. The van der Waals surface area contributed by atoms with Crippen molar-refractivity contribution in [2.45, 2.75) is 6.54 Å². The van der Waals surface area contributed by atoms with Gasteiger partial charge in [-0.3, -0.25) is 0 Å². The highest BCUT2D eigenvalue weighted by atomic mass is 79.9. The minimum atomic E-state index is 0.653. The lowest BCUT2D eigenvalue weighted by Gasteiger charge is -2.09. The fourth-order valence-electron chi connectivity index (χ4n) is 1.42. The Labute approximate surface area is 117 Å². The SMILES string of the molecule is Nc1ccccc1CNc1ncc(Br)cc1Br. The molecular weight excluding hydrogens is 346 g/mol. The molecular formula is C12H11Br2N3. The lowest BCUT2D eigenvalue weighted by molar-refractivity contribution is 1.11. The Morgan fingerprint density at radius 2 is 2.00 bits per heavy atom. The number of pyridine rings is 1. The molecule has 0 radical (unpaired) electrons. The Bertz CT molecular complexity index is 529. The Balaban J connectivity index is 2.10. The van der Waals surface area contributed by atoms with Crippen LogP contribution in [0.3, 0.4) is 0 Å². The topological polar surface area (TPSA) is 50.9 Å². The van der Waals surface area contributed by atoms with Gasteiger partial charge in [0.1, 0.15) is 5.82 Å². The molecule has 3 nitrogen and oxygen atoms in total. The number of halogens is 2. The number of nitrogens with two attached hydrogens (primary N) is 1. The Morgan fingerprint density at radius 3 is 2.71 bits per heavy atom. The van der Waals surface area contributed by atoms with Gasteiger partial charge in [-0.1, -0.05) is 18.2 Å². The normalized spacial score (nSPS) is 10.2. The summed E-state index contributed by atoms with van der Waals surface area (Å²) in [6.07, 6.45) is 1.75. The van der Waals surface area contributed by atoms with E-state index in [1.54, 1.807) is 6.20 Å². The number of benzene rings is 1. The van der Waals surface area contributed by atoms with Crippen LogP contribution in [0, 0.1) is 0 Å². The van der Waals surface area contributed by atoms with Gasteiger partial charge < -0.3 is 11.1 Å². The quantitative estimate of drug-likeness (QED) is 0.822. The van der Waals surface area contributed by atoms with E-state index in [0.717, 1.165) is 26.0 Å². The van der Waals surface area contributed by atoms with Gasteiger partial charge in [0.05, 0.1) is 4.47 Å². The van der Waals surface area contributed by atoms with Crippen LogP contribution in [-0.2, 0) is 6.54 Å². The van der Waals surface area contributed by atoms with Crippen LogP contribution in [0.5, 0.6) is 0 Å². The molecule has 1 aromatic carbocycles. The number of nitrogens with zero attached hydrogens (tertiary/aromatic N) is 1. The summed E-state index contributed by atoms with van der Waals surface area (Å²) in [5.41, 5.74) is 7.71. The van der Waals surface area contributed by atoms with E-state index in [1.807, 2.05) is 30.3 Å². The summed E-state index contributed by atoms with van der Waals surface area (Å²) in [6, 6.07) is 9.73. The van der Waals surface area contributed by atoms with Crippen molar-refractivity contribution < 1.29 is 0 Å². The van der Waals surface area contributed by atoms with Gasteiger partial charge in [-0.05, 0) is 49.6 Å². The van der Waals surface area contributed by atoms with Gasteiger partial charge in [0.15, 0.2) is 0 Å². The van der Waals surface area contributed by atoms with Crippen LogP contribution in [0.25, 0.3) is 0 Å². The molecule has 0 aliphatic heterocycles. The number of nitrogens with one attached hydrogen (secondary N) is 1. The summed E-state index contributed by atoms with van der Waals surface area (Å²) in [4.78, 5) is 4.28. The first kappa shape index (κ1) is 12.4. The van der Waals surface area contributed by atoms with Crippen molar-refractivity contribution in [1.29, 1.82) is 0 Å². The summed E-state index contributed by atoms with van der Waals surface area (Å²) in [5, 5.41) is 3.24. The minimum absolute atomic E-state index is 0.653. The van der Waals surface area contributed by atoms with Gasteiger partial charge in [-0.15, -0.1) is 0 Å². The maximum absolute atomic E-state index is 5.87. The standard InChI is InChI=1S/C12H11Br2N3/c13-9-5-10(14)12(17-7-9)16-6-8-3-1-2-4-11(8)15/h1-5,7H,6,15H2,(H,16,17). The van der Waals surface area contributed by atoms with Crippen LogP contribution in [0.15, 0.2) is 45.5 Å². The van der Waals surface area contributed by atoms with Crippen LogP contribution >= 0.6 is 31.9 Å². The number of hydrogen-bond acceptors (Lipinski definition) is 3. The second-order valence-electron chi connectivity index (χ2n) is 3.54. The molecule has 0 fully saturated rings. The first-order valence-corrected chi connectivity index (χ1v) is 6.63. The molecule has 0 unspecified atom stereocenters. The lowest BCUT2D eigenvalue weighted by atomic mass is 10.2. The van der Waals surface area contributed by atoms with E-state index in [1.165, 1.54) is 0 Å². The lowest BCUT2D eigenvalue weighted by Crippen LogP contribution is -2.04. The number of para-hydroxylation sites is 1. The fraction of sp³-hybridized carbons (Fsp3) is 0.0833. The molecule has 1 heterocycles. The van der Waals surface area contributed by atoms with Crippen LogP contribution in [-0.4, -0.2) is 4.98 Å². The Kier molecular flexibility index (Phi) is 4.02. The number of nitrogen functional groups attached to an aromatic ring is 1. The monoisotopic (exact) mass is 355 g/mol. The first-order chi connectivity index (χ1) is 8.16. The number of aromatic nitrogens is 1. The summed E-state index contributed by atoms with van der Waals surface area (Å²) in [6.45, 7) is 0.653. The van der Waals surface area contributed by atoms with Crippen LogP contribution < -0.4 is 11.1 Å². The molecule has 5 heteroatoms. The van der Waals surface area contributed by atoms with Crippen molar-refractivity contribution in [3.8, 4) is 0 Å². The minimum Gasteiger partial charge on any atom is -0.398 e. The van der Waals surface area contributed by atoms with E-state index < -0.39 is 0 Å². The van der Waals surface area contributed by atoms with E-state index in [4.69, 9.17) is 5.73 Å². The average Bonchev–Trinajstić information content (AvgIpc) is 2.30. The molecule has 0 saturated heterocycles. The number of anilines is 2. The van der Waals surface area contributed by atoms with Gasteiger partial charge in [-0.25, -0.2) is 4.98 Å². The molecule has 0 spiro atoms. The van der Waals surface area contributed by atoms with Crippen molar-refractivity contribution >= 4 is 43.4 Å². The average molecular weight is 357 g/mol. The maximum Gasteiger partial charge on any atom is 0.140 e. The predicted octanol–water partition coefficient (Wildman–Crippen LogP) is 3.80. The highest BCUT2D eigenvalue weighted by Gasteiger charge is 2.03. The van der Waals surface area contributed by atoms with Crippen molar-refractivity contribution in [3.05, 3.63) is 51.0 Å². The molecule has 0 atom stereocenters. The first-order valence-electron chi connectivity index (χ1n) is 5.05. The molecule has 2 aromatic rings. The van der Waals surface area contributed by atoms with E-state index in [-0.39, 0.29) is 0 Å². The van der Waals surface area contributed by atoms with Gasteiger partial charge in [0.25, 0.3) is 0 Å². The second kappa shape index (κ2) is 5.51. The molecule has 0 bridgehead atoms. The molecule has 0 saturated carbocycles. The zero-order valence-electron chi connectivity index (χ0n) is 8.95. The smallest absolute Gasteiger partial charge is 0.140 e. The van der Waals surface area contributed by atoms with E-state index in [9.17, 15) is 0 Å². The van der Waals surface area contributed by atoms with Crippen LogP contribution in [0.1, 0.15) is 5.56 Å². The molecule has 0 amide bonds. The zero-order chi connectivity index (χ0) is 12.3. The van der Waals surface area contributed by atoms with E-state index in [0.29, 0.717) is 6.54 Å². The third kappa shape index (κ3) is 3.20. The summed E-state index contributed by atoms with van der Waals surface area (Å²) in [7, 11) is 0. The van der Waals surface area contributed by atoms with Gasteiger partial charge in [0, 0.05) is 22.9 Å². The molecule has 0 aliphatic carbocycles. The van der Waals surface area contributed by atoms with Crippen molar-refractivity contribution in [3.63, 3.8) is 0 Å². The van der Waals surface area contributed by atoms with E-state index >= 15 is 0 Å². The second-order valence-corrected chi connectivity index (χ2v) is 5.31. The Morgan fingerprint density at radius 1 is 1.24 bits per heavy atom. The largest absolute Gasteiger partial charge is 0.398 e. The maximum atomic E-state index is 5.87. The van der Waals surface area contributed by atoms with Crippen molar-refractivity contribution in [1.82, 2.24) is 4.98 Å². The van der Waals surface area contributed by atoms with Crippen LogP contribution in [0.4, 0.5) is 11.5 Å². The van der Waals surface area contributed by atoms with Crippen molar-refractivity contribution in [2.24, 2.45) is 0 Å². The van der Waals surface area contributed by atoms with Crippen molar-refractivity contribution in [2.75, 3.05) is 11.1 Å². The van der Waals surface area contributed by atoms with E-state index in [2.05, 4.69) is 42.2 Å². The van der Waals surface area contributed by atoms with Crippen LogP contribution in [0.2, 0.25) is 0 Å². The molecule has 1 aromatic heterocycles. The molecule has 17 heavy (non-hydrogen) atoms. The third-order valence-electron chi connectivity index (χ3n) is 2.31. The Hall–Kier alpha value is -1.07. The molecule has 88 valence electrons. The summed E-state index contributed by atoms with van der Waals surface area (Å²) in [5.74, 6) is 0.802. The zero-order valence-corrected chi connectivity index (χ0v) is 12.1. The number of hydrogen-bond donors (Lipinski definition) is 2. The summed E-state index contributed by atoms with van der Waals surface area (Å²) < 4.78 is 1.86. The van der Waals surface area contributed by atoms with Gasteiger partial charge in [-0.2, -0.15) is 0 Å². The predicted molar refractivity (Wildman–Crippen MR) is 77.8 cm³/mol. The summed E-state index contributed by atoms with van der Waals surface area (Å²) >= 11 is 6.82. The molecule has 0 aliphatic rings. The van der Waals surface area contributed by atoms with Gasteiger partial charge >= 0.3 is 0 Å². The van der Waals surface area contributed by atoms with Gasteiger partial charge in [0.2, 0.25) is 0 Å². The number of rotatable bonds is 3. The highest BCUT2D eigenvalue weighted by molar-refractivity contribution is 9.11. The third-order valence-corrected chi connectivity index (χ3v) is 3.35. The fourth-order valence-corrected chi connectivity index (χ4v) is 2.55.